The highest BCUT2D eigenvalue weighted by molar-refractivity contribution is 5.70. The van der Waals surface area contributed by atoms with Crippen LogP contribution >= 0.6 is 0 Å². The van der Waals surface area contributed by atoms with Crippen LogP contribution in [0.25, 0.3) is 0 Å². The van der Waals surface area contributed by atoms with E-state index in [0.29, 0.717) is 12.8 Å². The molecule has 0 amide bonds. The molecular weight excluding hydrogens is 500 g/mol. The minimum absolute atomic E-state index is 0.0997. The first-order chi connectivity index (χ1) is 19.6. The van der Waals surface area contributed by atoms with Crippen molar-refractivity contribution in [3.63, 3.8) is 0 Å². The zero-order valence-corrected chi connectivity index (χ0v) is 25.3. The Bertz CT molecular complexity index is 773. The largest absolute Gasteiger partial charge is 0.462 e. The molecule has 0 aromatic rings. The fourth-order valence-electron chi connectivity index (χ4n) is 3.69. The molecule has 0 bridgehead atoms. The monoisotopic (exact) mass is 556 g/mol. The van der Waals surface area contributed by atoms with E-state index >= 15 is 0 Å². The van der Waals surface area contributed by atoms with Gasteiger partial charge in [-0.25, -0.2) is 0 Å². The second-order valence-electron chi connectivity index (χ2n) is 9.80. The first kappa shape index (κ1) is 37.3. The van der Waals surface area contributed by atoms with Crippen LogP contribution < -0.4 is 0 Å². The molecule has 5 nitrogen and oxygen atoms in total. The molecule has 0 saturated heterocycles. The van der Waals surface area contributed by atoms with Gasteiger partial charge in [-0.1, -0.05) is 125 Å². The van der Waals surface area contributed by atoms with E-state index in [1.165, 1.54) is 25.7 Å². The highest BCUT2D eigenvalue weighted by Crippen LogP contribution is 2.09. The second kappa shape index (κ2) is 30.9. The molecule has 0 spiro atoms. The number of carbonyl (C=O) groups excluding carboxylic acids is 2. The van der Waals surface area contributed by atoms with Crippen molar-refractivity contribution in [2.24, 2.45) is 0 Å². The van der Waals surface area contributed by atoms with E-state index in [4.69, 9.17) is 9.47 Å². The molecule has 0 aliphatic rings. The van der Waals surface area contributed by atoms with Crippen LogP contribution in [0.1, 0.15) is 117 Å². The smallest absolute Gasteiger partial charge is 0.306 e. The molecule has 0 saturated carbocycles. The van der Waals surface area contributed by atoms with Gasteiger partial charge in [-0.15, -0.1) is 0 Å². The van der Waals surface area contributed by atoms with Crippen LogP contribution in [0, 0.1) is 0 Å². The van der Waals surface area contributed by atoms with Crippen molar-refractivity contribution in [2.45, 2.75) is 123 Å². The molecule has 0 fully saturated rings. The van der Waals surface area contributed by atoms with Gasteiger partial charge >= 0.3 is 11.9 Å². The summed E-state index contributed by atoms with van der Waals surface area (Å²) in [5.41, 5.74) is 0. The summed E-state index contributed by atoms with van der Waals surface area (Å²) in [5.74, 6) is -0.706. The lowest BCUT2D eigenvalue weighted by atomic mass is 10.1. The van der Waals surface area contributed by atoms with Crippen molar-refractivity contribution in [2.75, 3.05) is 13.2 Å². The van der Waals surface area contributed by atoms with E-state index in [2.05, 4.69) is 74.6 Å². The molecule has 40 heavy (non-hydrogen) atoms. The predicted octanol–water partition coefficient (Wildman–Crippen LogP) is 9.05. The van der Waals surface area contributed by atoms with E-state index in [1.54, 1.807) is 0 Å². The lowest BCUT2D eigenvalue weighted by Gasteiger charge is -2.15. The van der Waals surface area contributed by atoms with Crippen molar-refractivity contribution in [1.29, 1.82) is 0 Å². The maximum absolute atomic E-state index is 12.0. The Labute approximate surface area is 244 Å². The van der Waals surface area contributed by atoms with Crippen molar-refractivity contribution in [3.8, 4) is 0 Å². The summed E-state index contributed by atoms with van der Waals surface area (Å²) in [7, 11) is 0. The number of rotatable bonds is 26. The summed E-state index contributed by atoms with van der Waals surface area (Å²) in [6.07, 6.45) is 39.8. The molecule has 0 aromatic carbocycles. The van der Waals surface area contributed by atoms with Gasteiger partial charge in [-0.3, -0.25) is 9.59 Å². The molecule has 0 aromatic heterocycles. The van der Waals surface area contributed by atoms with Gasteiger partial charge < -0.3 is 14.6 Å². The van der Waals surface area contributed by atoms with Gasteiger partial charge in [0.25, 0.3) is 0 Å². The first-order valence-electron chi connectivity index (χ1n) is 15.5. The minimum atomic E-state index is -0.809. The normalized spacial score (nSPS) is 13.2. The van der Waals surface area contributed by atoms with E-state index in [9.17, 15) is 14.7 Å². The lowest BCUT2D eigenvalue weighted by molar-refractivity contribution is -0.161. The number of esters is 2. The quantitative estimate of drug-likeness (QED) is 0.0653. The Balaban J connectivity index is 3.80. The number of hydrogen-bond donors (Lipinski definition) is 1. The van der Waals surface area contributed by atoms with E-state index in [1.807, 2.05) is 12.2 Å². The molecule has 0 heterocycles. The zero-order valence-electron chi connectivity index (χ0n) is 25.3. The third-order valence-corrected chi connectivity index (χ3v) is 6.03. The van der Waals surface area contributed by atoms with Crippen molar-refractivity contribution >= 4 is 11.9 Å². The van der Waals surface area contributed by atoms with Crippen LogP contribution in [-0.2, 0) is 19.1 Å². The third kappa shape index (κ3) is 28.4. The van der Waals surface area contributed by atoms with Crippen molar-refractivity contribution in [1.82, 2.24) is 0 Å². The molecule has 0 aliphatic carbocycles. The van der Waals surface area contributed by atoms with Gasteiger partial charge in [-0.05, 0) is 51.4 Å². The fourth-order valence-corrected chi connectivity index (χ4v) is 3.69. The molecule has 0 rings (SSSR count). The maximum Gasteiger partial charge on any atom is 0.306 e. The van der Waals surface area contributed by atoms with E-state index in [-0.39, 0.29) is 25.6 Å². The Hall–Kier alpha value is -2.66. The van der Waals surface area contributed by atoms with Crippen molar-refractivity contribution < 1.29 is 24.2 Å². The predicted molar refractivity (Wildman–Crippen MR) is 168 cm³/mol. The Morgan fingerprint density at radius 1 is 0.600 bits per heavy atom. The number of allylic oxidation sites excluding steroid dienone is 12. The average molecular weight is 557 g/mol. The number of aliphatic hydroxyl groups excluding tert-OH is 1. The first-order valence-corrected chi connectivity index (χ1v) is 15.5. The summed E-state index contributed by atoms with van der Waals surface area (Å²) in [6.45, 7) is 3.87. The third-order valence-electron chi connectivity index (χ3n) is 6.03. The molecule has 0 radical (unpaired) electrons. The molecule has 1 N–H and O–H groups in total. The highest BCUT2D eigenvalue weighted by atomic mass is 16.6. The Morgan fingerprint density at radius 2 is 1.07 bits per heavy atom. The Kier molecular flexibility index (Phi) is 28.8. The number of aliphatic hydroxyl groups is 1. The fraction of sp³-hybridized carbons (Fsp3) is 0.600. The van der Waals surface area contributed by atoms with E-state index in [0.717, 1.165) is 57.8 Å². The van der Waals surface area contributed by atoms with Gasteiger partial charge in [0.2, 0.25) is 0 Å². The standard InChI is InChI=1S/C35H56O5/c1-3-5-7-9-11-12-13-14-15-16-17-18-19-20-21-22-24-26-28-30-35(38)40-33(31-36)32-39-34(37)29-27-25-23-10-8-6-4-2/h5,7,11-12,14-15,17-18,20-21,24,26,33,36H,3-4,6,8-10,13,16,19,22-23,25,27-32H2,1-2H3/b7-5-,12-11-,15-14-,18-17-,21-20-,26-24-. The number of hydrogen-bond acceptors (Lipinski definition) is 5. The number of unbranched alkanes of at least 4 members (excludes halogenated alkanes) is 6. The van der Waals surface area contributed by atoms with Gasteiger partial charge in [0.15, 0.2) is 6.10 Å². The lowest BCUT2D eigenvalue weighted by Crippen LogP contribution is -2.28. The van der Waals surface area contributed by atoms with Crippen LogP contribution in [0.2, 0.25) is 0 Å². The molecule has 1 unspecified atom stereocenters. The molecule has 1 atom stereocenters. The maximum atomic E-state index is 12.0. The van der Waals surface area contributed by atoms with Crippen LogP contribution in [-0.4, -0.2) is 36.4 Å². The van der Waals surface area contributed by atoms with Gasteiger partial charge in [-0.2, -0.15) is 0 Å². The van der Waals surface area contributed by atoms with Crippen molar-refractivity contribution in [3.05, 3.63) is 72.9 Å². The summed E-state index contributed by atoms with van der Waals surface area (Å²) in [6, 6.07) is 0. The summed E-state index contributed by atoms with van der Waals surface area (Å²) in [5, 5.41) is 9.44. The summed E-state index contributed by atoms with van der Waals surface area (Å²) < 4.78 is 10.4. The summed E-state index contributed by atoms with van der Waals surface area (Å²) >= 11 is 0. The molecule has 226 valence electrons. The van der Waals surface area contributed by atoms with Crippen LogP contribution in [0.4, 0.5) is 0 Å². The topological polar surface area (TPSA) is 72.8 Å². The second-order valence-corrected chi connectivity index (χ2v) is 9.80. The highest BCUT2D eigenvalue weighted by Gasteiger charge is 2.15. The van der Waals surface area contributed by atoms with Crippen LogP contribution in [0.5, 0.6) is 0 Å². The minimum Gasteiger partial charge on any atom is -0.462 e. The Morgan fingerprint density at radius 3 is 1.57 bits per heavy atom. The van der Waals surface area contributed by atoms with Gasteiger partial charge in [0, 0.05) is 12.8 Å². The average Bonchev–Trinajstić information content (AvgIpc) is 2.96. The van der Waals surface area contributed by atoms with Gasteiger partial charge in [0.05, 0.1) is 6.61 Å². The molecule has 5 heteroatoms. The molecule has 0 aliphatic heterocycles. The van der Waals surface area contributed by atoms with Gasteiger partial charge in [0.1, 0.15) is 6.61 Å². The van der Waals surface area contributed by atoms with Crippen LogP contribution in [0.3, 0.4) is 0 Å². The number of carbonyl (C=O) groups is 2. The SMILES string of the molecule is CC/C=C\C/C=C\C/C=C\C/C=C\C/C=C\C/C=C\CCC(=O)OC(CO)COC(=O)CCCCCCCCC. The van der Waals surface area contributed by atoms with E-state index < -0.39 is 12.1 Å². The zero-order chi connectivity index (χ0) is 29.4. The number of ether oxygens (including phenoxy) is 2. The molecular formula is C35H56O5. The van der Waals surface area contributed by atoms with Crippen LogP contribution in [0.15, 0.2) is 72.9 Å². The summed E-state index contributed by atoms with van der Waals surface area (Å²) in [4.78, 5) is 23.9.